The van der Waals surface area contributed by atoms with Gasteiger partial charge in [-0.05, 0) is 92.8 Å². The van der Waals surface area contributed by atoms with Gasteiger partial charge in [0.25, 0.3) is 5.91 Å². The van der Waals surface area contributed by atoms with Crippen molar-refractivity contribution in [2.45, 2.75) is 63.1 Å². The first kappa shape index (κ1) is 30.4. The van der Waals surface area contributed by atoms with Crippen molar-refractivity contribution in [2.24, 2.45) is 0 Å². The highest BCUT2D eigenvalue weighted by Crippen LogP contribution is 2.63. The fourth-order valence-electron chi connectivity index (χ4n) is 10.4. The number of carbonyl (C=O) groups is 1. The number of nitrogens with zero attached hydrogens (tertiary/aromatic N) is 3. The van der Waals surface area contributed by atoms with Crippen LogP contribution in [0, 0.1) is 0 Å². The van der Waals surface area contributed by atoms with E-state index < -0.39 is 22.9 Å². The van der Waals surface area contributed by atoms with E-state index in [2.05, 4.69) is 21.9 Å². The lowest BCUT2D eigenvalue weighted by Crippen LogP contribution is -2.49. The van der Waals surface area contributed by atoms with E-state index in [9.17, 15) is 18.0 Å². The maximum Gasteiger partial charge on any atom is 0.417 e. The van der Waals surface area contributed by atoms with Crippen LogP contribution in [-0.4, -0.2) is 32.1 Å². The molecule has 0 fully saturated rings. The van der Waals surface area contributed by atoms with Crippen LogP contribution in [0.5, 0.6) is 11.5 Å². The predicted octanol–water partition coefficient (Wildman–Crippen LogP) is 8.27. The van der Waals surface area contributed by atoms with Gasteiger partial charge in [-0.2, -0.15) is 13.2 Å². The number of halogens is 3. The first-order valence-electron chi connectivity index (χ1n) is 18.4. The molecule has 0 N–H and O–H groups in total. The highest BCUT2D eigenvalue weighted by atomic mass is 19.4. The topological polar surface area (TPSA) is 66.2 Å². The Balaban J connectivity index is 1.28. The molecule has 1 amide bonds. The number of anilines is 3. The first-order valence-corrected chi connectivity index (χ1v) is 18.4. The number of aryl methyl sites for hydroxylation is 2. The second-order valence-electron chi connectivity index (χ2n) is 15.0. The van der Waals surface area contributed by atoms with Crippen LogP contribution in [0.15, 0.2) is 69.9 Å². The fraction of sp³-hybridized carbons (Fsp3) is 0.333. The van der Waals surface area contributed by atoms with Gasteiger partial charge in [-0.1, -0.05) is 18.2 Å². The van der Waals surface area contributed by atoms with Crippen LogP contribution in [0.4, 0.5) is 30.2 Å². The average Bonchev–Trinajstić information content (AvgIpc) is 3.40. The largest absolute Gasteiger partial charge is 0.456 e. The van der Waals surface area contributed by atoms with Crippen LogP contribution >= 0.6 is 0 Å². The van der Waals surface area contributed by atoms with Crippen molar-refractivity contribution in [2.75, 3.05) is 40.9 Å². The van der Waals surface area contributed by atoms with Crippen LogP contribution in [0.2, 0.25) is 0 Å². The molecule has 52 heavy (non-hydrogen) atoms. The molecule has 7 heterocycles. The molecule has 11 rings (SSSR count). The van der Waals surface area contributed by atoms with Crippen molar-refractivity contribution in [1.82, 2.24) is 0 Å². The number of hydrogen-bond acceptors (Lipinski definition) is 6. The standard InChI is InChI=1S/C42H34F3N3O4/c43-42(44,45)31-22-35(49)51-34-21-25(13-14-26(31)34)48-40(50)27-9-1-2-12-30(27)41(48)32-19-23-7-3-15-46-17-5-10-28(36(23)46)38(32)52-39-29-11-6-18-47-16-4-8-24(37(29)47)20-33(39)41/h1-2,9,12-14,19-22H,3-8,10-11,15-18H2. The molecule has 6 aliphatic heterocycles. The van der Waals surface area contributed by atoms with Crippen molar-refractivity contribution in [3.8, 4) is 11.5 Å². The van der Waals surface area contributed by atoms with Gasteiger partial charge in [-0.15, -0.1) is 0 Å². The summed E-state index contributed by atoms with van der Waals surface area (Å²) in [5.74, 6) is 1.29. The molecule has 5 aromatic rings. The van der Waals surface area contributed by atoms with Gasteiger partial charge in [0.2, 0.25) is 0 Å². The van der Waals surface area contributed by atoms with Crippen molar-refractivity contribution >= 4 is 33.9 Å². The lowest BCUT2D eigenvalue weighted by molar-refractivity contribution is -0.136. The minimum Gasteiger partial charge on any atom is -0.456 e. The van der Waals surface area contributed by atoms with Gasteiger partial charge < -0.3 is 19.0 Å². The Kier molecular flexibility index (Phi) is 6.09. The molecule has 0 aliphatic carbocycles. The smallest absolute Gasteiger partial charge is 0.417 e. The molecule has 7 nitrogen and oxygen atoms in total. The van der Waals surface area contributed by atoms with Gasteiger partial charge in [0, 0.05) is 94.1 Å². The zero-order valence-electron chi connectivity index (χ0n) is 28.4. The highest BCUT2D eigenvalue weighted by Gasteiger charge is 2.59. The number of ether oxygens (including phenoxy) is 1. The monoisotopic (exact) mass is 701 g/mol. The van der Waals surface area contributed by atoms with Crippen LogP contribution in [0.3, 0.4) is 0 Å². The lowest BCUT2D eigenvalue weighted by atomic mass is 9.70. The van der Waals surface area contributed by atoms with E-state index in [0.717, 1.165) is 117 Å². The number of amides is 1. The number of carbonyl (C=O) groups excluding carboxylic acids is 1. The summed E-state index contributed by atoms with van der Waals surface area (Å²) in [6, 6.07) is 17.0. The minimum absolute atomic E-state index is 0.226. The van der Waals surface area contributed by atoms with E-state index in [1.807, 2.05) is 24.3 Å². The van der Waals surface area contributed by atoms with Crippen molar-refractivity contribution in [1.29, 1.82) is 0 Å². The van der Waals surface area contributed by atoms with Gasteiger partial charge in [0.15, 0.2) is 0 Å². The number of benzene rings is 4. The molecule has 0 saturated carbocycles. The minimum atomic E-state index is -4.77. The first-order chi connectivity index (χ1) is 25.2. The predicted molar refractivity (Wildman–Crippen MR) is 191 cm³/mol. The molecule has 1 aromatic heterocycles. The van der Waals surface area contributed by atoms with Gasteiger partial charge in [0.05, 0.1) is 5.56 Å². The molecular weight excluding hydrogens is 667 g/mol. The van der Waals surface area contributed by atoms with E-state index in [-0.39, 0.29) is 16.9 Å². The van der Waals surface area contributed by atoms with Crippen LogP contribution in [0.25, 0.3) is 11.0 Å². The lowest BCUT2D eigenvalue weighted by Gasteiger charge is -2.49. The molecule has 4 aromatic carbocycles. The highest BCUT2D eigenvalue weighted by molar-refractivity contribution is 6.15. The summed E-state index contributed by atoms with van der Waals surface area (Å²) in [7, 11) is 0. The second kappa shape index (κ2) is 10.4. The number of fused-ring (bicyclic) bond motifs is 9. The normalized spacial score (nSPS) is 19.2. The number of rotatable bonds is 1. The third-order valence-corrected chi connectivity index (χ3v) is 12.3. The van der Waals surface area contributed by atoms with Crippen molar-refractivity contribution in [3.63, 3.8) is 0 Å². The van der Waals surface area contributed by atoms with E-state index in [1.165, 1.54) is 34.6 Å². The van der Waals surface area contributed by atoms with Crippen LogP contribution in [-0.2, 0) is 37.4 Å². The van der Waals surface area contributed by atoms with E-state index in [0.29, 0.717) is 17.3 Å². The SMILES string of the molecule is O=C1c2ccccc2C2(c3cc4c5c(c3Oc3c2cc2c6c3CCCN6CCC2)CCCN5CCC4)N1c1ccc2c(C(F)(F)F)cc(=O)oc2c1. The summed E-state index contributed by atoms with van der Waals surface area (Å²) in [5, 5.41) is -0.237. The Bertz CT molecular complexity index is 2400. The fourth-order valence-corrected chi connectivity index (χ4v) is 10.4. The Morgan fingerprint density at radius 3 is 1.88 bits per heavy atom. The summed E-state index contributed by atoms with van der Waals surface area (Å²) in [5.41, 5.74) is 7.10. The quantitative estimate of drug-likeness (QED) is 0.164. The summed E-state index contributed by atoms with van der Waals surface area (Å²) >= 11 is 0. The van der Waals surface area contributed by atoms with Gasteiger partial charge in [-0.25, -0.2) is 4.79 Å². The molecular formula is C42H34F3N3O4. The third-order valence-electron chi connectivity index (χ3n) is 12.3. The zero-order chi connectivity index (χ0) is 35.1. The molecule has 10 heteroatoms. The molecule has 262 valence electrons. The zero-order valence-corrected chi connectivity index (χ0v) is 28.4. The summed E-state index contributed by atoms with van der Waals surface area (Å²) < 4.78 is 55.3. The maximum absolute atomic E-state index is 15.1. The van der Waals surface area contributed by atoms with Crippen LogP contribution < -0.4 is 25.1 Å². The van der Waals surface area contributed by atoms with Crippen molar-refractivity contribution < 1.29 is 27.1 Å². The maximum atomic E-state index is 15.1. The molecule has 0 radical (unpaired) electrons. The number of alkyl halides is 3. The Morgan fingerprint density at radius 2 is 1.27 bits per heavy atom. The third kappa shape index (κ3) is 3.87. The molecule has 0 bridgehead atoms. The summed E-state index contributed by atoms with van der Waals surface area (Å²) in [4.78, 5) is 34.4. The summed E-state index contributed by atoms with van der Waals surface area (Å²) in [6.45, 7) is 3.96. The Morgan fingerprint density at radius 1 is 0.673 bits per heavy atom. The Labute approximate surface area is 297 Å². The molecule has 0 unspecified atom stereocenters. The molecule has 1 spiro atoms. The van der Waals surface area contributed by atoms with E-state index in [4.69, 9.17) is 9.15 Å². The Hall–Kier alpha value is -5.25. The van der Waals surface area contributed by atoms with Crippen LogP contribution in [0.1, 0.15) is 80.5 Å². The molecule has 6 aliphatic rings. The molecule has 0 saturated heterocycles. The van der Waals surface area contributed by atoms with Gasteiger partial charge in [0.1, 0.15) is 22.6 Å². The van der Waals surface area contributed by atoms with Gasteiger partial charge >= 0.3 is 11.8 Å². The van der Waals surface area contributed by atoms with E-state index >= 15 is 4.79 Å². The van der Waals surface area contributed by atoms with Crippen molar-refractivity contribution in [3.05, 3.63) is 121 Å². The van der Waals surface area contributed by atoms with Gasteiger partial charge in [-0.3, -0.25) is 9.69 Å². The summed E-state index contributed by atoms with van der Waals surface area (Å²) in [6.07, 6.45) is 2.74. The second-order valence-corrected chi connectivity index (χ2v) is 15.0. The average molecular weight is 702 g/mol. The van der Waals surface area contributed by atoms with E-state index in [1.54, 1.807) is 11.0 Å². The molecule has 0 atom stereocenters. The number of hydrogen-bond donors (Lipinski definition) is 0.